The fourth-order valence-electron chi connectivity index (χ4n) is 5.55. The first kappa shape index (κ1) is 32.5. The summed E-state index contributed by atoms with van der Waals surface area (Å²) >= 11 is 0. The Balaban J connectivity index is 1.75. The molecule has 6 heteroatoms. The van der Waals surface area contributed by atoms with E-state index in [1.54, 1.807) is 12.1 Å². The van der Waals surface area contributed by atoms with Crippen molar-refractivity contribution in [1.29, 1.82) is 0 Å². The molecule has 0 fully saturated rings. The van der Waals surface area contributed by atoms with E-state index in [9.17, 15) is 9.59 Å². The van der Waals surface area contributed by atoms with Gasteiger partial charge >= 0.3 is 11.9 Å². The molecule has 6 aromatic rings. The second kappa shape index (κ2) is 15.5. The highest BCUT2D eigenvalue weighted by molar-refractivity contribution is 7.80. The molecule has 6 rings (SSSR count). The highest BCUT2D eigenvalue weighted by Gasteiger charge is 2.30. The third kappa shape index (κ3) is 7.11. The second-order valence-corrected chi connectivity index (χ2v) is 14.9. The monoisotopic (exact) mass is 662 g/mol. The first-order valence-corrected chi connectivity index (χ1v) is 18.0. The van der Waals surface area contributed by atoms with Gasteiger partial charge in [0.25, 0.3) is 0 Å². The van der Waals surface area contributed by atoms with Crippen LogP contribution in [0.25, 0.3) is 11.1 Å². The van der Waals surface area contributed by atoms with Gasteiger partial charge in [-0.25, -0.2) is 9.59 Å². The number of esters is 2. The van der Waals surface area contributed by atoms with E-state index in [2.05, 4.69) is 73.8 Å². The molecule has 234 valence electrons. The van der Waals surface area contributed by atoms with Crippen molar-refractivity contribution in [2.45, 2.75) is 0 Å². The van der Waals surface area contributed by atoms with E-state index >= 15 is 0 Å². The third-order valence-corrected chi connectivity index (χ3v) is 12.5. The maximum absolute atomic E-state index is 12.9. The average molecular weight is 663 g/mol. The Labute approximate surface area is 283 Å². The third-order valence-electron chi connectivity index (χ3n) is 7.55. The van der Waals surface area contributed by atoms with Crippen LogP contribution in [-0.2, 0) is 9.59 Å². The summed E-state index contributed by atoms with van der Waals surface area (Å²) in [6, 6.07) is 52.8. The number of carbonyl (C=O) groups is 2. The van der Waals surface area contributed by atoms with E-state index < -0.39 is 27.8 Å². The van der Waals surface area contributed by atoms with E-state index in [0.717, 1.165) is 44.0 Å². The minimum absolute atomic E-state index is 0.344. The molecule has 0 aliphatic carbocycles. The van der Waals surface area contributed by atoms with Gasteiger partial charge in [-0.15, -0.1) is 0 Å². The molecule has 0 unspecified atom stereocenters. The molecular weight excluding hydrogens is 630 g/mol. The molecule has 0 aliphatic heterocycles. The fraction of sp³-hybridized carbons (Fsp3) is 0. The highest BCUT2D eigenvalue weighted by Crippen LogP contribution is 2.47. The molecule has 6 aromatic carbocycles. The minimum atomic E-state index is -1.18. The van der Waals surface area contributed by atoms with Crippen molar-refractivity contribution >= 4 is 59.6 Å². The van der Waals surface area contributed by atoms with Gasteiger partial charge in [0.2, 0.25) is 0 Å². The summed E-state index contributed by atoms with van der Waals surface area (Å²) in [6.07, 6.45) is 2.30. The molecule has 0 amide bonds. The molecule has 0 spiro atoms. The van der Waals surface area contributed by atoms with Crippen LogP contribution in [0.2, 0.25) is 0 Å². The quantitative estimate of drug-likeness (QED) is 0.0646. The summed E-state index contributed by atoms with van der Waals surface area (Å²) < 4.78 is 12.1. The maximum Gasteiger partial charge on any atom is 0.335 e. The van der Waals surface area contributed by atoms with E-state index in [4.69, 9.17) is 9.47 Å². The molecule has 0 saturated heterocycles. The topological polar surface area (TPSA) is 52.6 Å². The van der Waals surface area contributed by atoms with E-state index in [-0.39, 0.29) is 0 Å². The first-order chi connectivity index (χ1) is 23.6. The van der Waals surface area contributed by atoms with E-state index in [1.165, 1.54) is 0 Å². The van der Waals surface area contributed by atoms with Crippen molar-refractivity contribution in [3.63, 3.8) is 0 Å². The Morgan fingerprint density at radius 2 is 0.708 bits per heavy atom. The first-order valence-electron chi connectivity index (χ1n) is 15.3. The Morgan fingerprint density at radius 3 is 0.979 bits per heavy atom. The fourth-order valence-corrected chi connectivity index (χ4v) is 10.5. The number of hydrogen-bond donors (Lipinski definition) is 0. The average Bonchev–Trinajstić information content (AvgIpc) is 3.14. The van der Waals surface area contributed by atoms with Crippen LogP contribution < -0.4 is 41.3 Å². The Morgan fingerprint density at radius 1 is 0.417 bits per heavy atom. The zero-order valence-corrected chi connectivity index (χ0v) is 27.9. The summed E-state index contributed by atoms with van der Waals surface area (Å²) in [5.74, 6) is -0.493. The zero-order chi connectivity index (χ0) is 33.3. The molecule has 0 saturated carbocycles. The maximum atomic E-state index is 12.9. The number of rotatable bonds is 11. The molecule has 0 heterocycles. The lowest BCUT2D eigenvalue weighted by atomic mass is 10.0. The van der Waals surface area contributed by atoms with Crippen LogP contribution in [0.1, 0.15) is 0 Å². The molecule has 0 atom stereocenters. The van der Waals surface area contributed by atoms with Crippen LogP contribution in [0.4, 0.5) is 0 Å². The summed E-state index contributed by atoms with van der Waals surface area (Å²) in [5.41, 5.74) is 1.35. The van der Waals surface area contributed by atoms with Crippen molar-refractivity contribution < 1.29 is 19.1 Å². The summed E-state index contributed by atoms with van der Waals surface area (Å²) in [6.45, 7) is 7.31. The SMILES string of the molecule is C=CC(=O)Oc1cccc(P(c2ccccc2)c2ccccc2)c1-c1c(OC(=O)C=C)cccc1P(c1ccccc1)c1ccccc1. The Bertz CT molecular complexity index is 1820. The van der Waals surface area contributed by atoms with E-state index in [0.29, 0.717) is 22.6 Å². The van der Waals surface area contributed by atoms with Gasteiger partial charge < -0.3 is 9.47 Å². The number of carbonyl (C=O) groups excluding carboxylic acids is 2. The molecule has 0 aliphatic rings. The second-order valence-electron chi connectivity index (χ2n) is 10.6. The molecule has 4 nitrogen and oxygen atoms in total. The molecule has 0 radical (unpaired) electrons. The van der Waals surface area contributed by atoms with Crippen LogP contribution >= 0.6 is 15.8 Å². The number of hydrogen-bond acceptors (Lipinski definition) is 4. The van der Waals surface area contributed by atoms with Gasteiger partial charge in [0.1, 0.15) is 11.5 Å². The van der Waals surface area contributed by atoms with Crippen molar-refractivity contribution in [2.24, 2.45) is 0 Å². The van der Waals surface area contributed by atoms with Gasteiger partial charge in [-0.2, -0.15) is 0 Å². The largest absolute Gasteiger partial charge is 0.423 e. The predicted octanol–water partition coefficient (Wildman–Crippen LogP) is 7.05. The Hall–Kier alpha value is -5.40. The van der Waals surface area contributed by atoms with Crippen LogP contribution in [-0.4, -0.2) is 11.9 Å². The Kier molecular flexibility index (Phi) is 10.5. The lowest BCUT2D eigenvalue weighted by molar-refractivity contribution is -0.129. The van der Waals surface area contributed by atoms with Gasteiger partial charge in [-0.1, -0.05) is 159 Å². The van der Waals surface area contributed by atoms with Gasteiger partial charge in [0, 0.05) is 23.3 Å². The normalized spacial score (nSPS) is 10.8. The lowest BCUT2D eigenvalue weighted by Gasteiger charge is -2.28. The number of ether oxygens (including phenoxy) is 2. The summed E-state index contributed by atoms with van der Waals surface area (Å²) in [4.78, 5) is 25.9. The van der Waals surface area contributed by atoms with Crippen LogP contribution in [0.15, 0.2) is 183 Å². The van der Waals surface area contributed by atoms with Gasteiger partial charge in [-0.05, 0) is 59.8 Å². The van der Waals surface area contributed by atoms with Crippen molar-refractivity contribution in [3.05, 3.63) is 183 Å². The molecular formula is C42H32O4P2. The van der Waals surface area contributed by atoms with Gasteiger partial charge in [-0.3, -0.25) is 0 Å². The van der Waals surface area contributed by atoms with Crippen LogP contribution in [0.3, 0.4) is 0 Å². The van der Waals surface area contributed by atoms with Gasteiger partial charge in [0.15, 0.2) is 0 Å². The predicted molar refractivity (Wildman–Crippen MR) is 201 cm³/mol. The van der Waals surface area contributed by atoms with Crippen LogP contribution in [0.5, 0.6) is 11.5 Å². The molecule has 0 N–H and O–H groups in total. The smallest absolute Gasteiger partial charge is 0.335 e. The molecule has 0 bridgehead atoms. The molecule has 0 aromatic heterocycles. The molecule has 48 heavy (non-hydrogen) atoms. The minimum Gasteiger partial charge on any atom is -0.423 e. The summed E-state index contributed by atoms with van der Waals surface area (Å²) in [5, 5.41) is 6.34. The van der Waals surface area contributed by atoms with Crippen molar-refractivity contribution in [1.82, 2.24) is 0 Å². The van der Waals surface area contributed by atoms with Crippen molar-refractivity contribution in [2.75, 3.05) is 0 Å². The lowest BCUT2D eigenvalue weighted by Crippen LogP contribution is -2.27. The van der Waals surface area contributed by atoms with Crippen LogP contribution in [0, 0.1) is 0 Å². The van der Waals surface area contributed by atoms with Gasteiger partial charge in [0.05, 0.1) is 0 Å². The van der Waals surface area contributed by atoms with E-state index in [1.807, 2.05) is 84.9 Å². The summed E-state index contributed by atoms with van der Waals surface area (Å²) in [7, 11) is -2.37. The zero-order valence-electron chi connectivity index (χ0n) is 26.1. The number of benzene rings is 6. The highest BCUT2D eigenvalue weighted by atomic mass is 31.1. The standard InChI is InChI=1S/C42H32O4P2/c1-3-39(43)45-35-27-17-29-37(47(31-19-9-5-10-20-31)32-21-11-6-12-22-32)41(35)42-36(46-40(44)4-2)28-18-30-38(42)48(33-23-13-7-14-24-33)34-25-15-8-16-26-34/h3-30H,1-2H2. The van der Waals surface area contributed by atoms with Crippen molar-refractivity contribution in [3.8, 4) is 22.6 Å².